The van der Waals surface area contributed by atoms with Crippen molar-refractivity contribution >= 4 is 39.3 Å². The van der Waals surface area contributed by atoms with Crippen molar-refractivity contribution < 1.29 is 23.7 Å². The highest BCUT2D eigenvalue weighted by Gasteiger charge is 2.34. The van der Waals surface area contributed by atoms with Gasteiger partial charge in [-0.05, 0) is 77.3 Å². The van der Waals surface area contributed by atoms with Gasteiger partial charge in [-0.1, -0.05) is 41.7 Å². The van der Waals surface area contributed by atoms with E-state index in [0.29, 0.717) is 47.9 Å². The summed E-state index contributed by atoms with van der Waals surface area (Å²) in [5.74, 6) is 1.04. The molecule has 0 unspecified atom stereocenters. The SMILES string of the molecule is CCOC(=O)C1=C(C)N=c2s/c(=C/c3ccc(OCc4ccccc4C#N)c(Br)c3)c(=O)n2[C@H]1c1ccc(OC)c(OC)c1. The van der Waals surface area contributed by atoms with Crippen molar-refractivity contribution in [2.75, 3.05) is 20.8 Å². The molecule has 1 aliphatic heterocycles. The third-order valence-corrected chi connectivity index (χ3v) is 8.62. The lowest BCUT2D eigenvalue weighted by molar-refractivity contribution is -0.139. The number of methoxy groups -OCH3 is 2. The standard InChI is InChI=1S/C33H28BrN3O6S/c1-5-42-32(39)29-19(2)36-33-37(30(29)21-11-13-26(40-3)27(16-21)41-4)31(38)28(44-33)15-20-10-12-25(24(34)14-20)43-18-23-9-7-6-8-22(23)17-35/h6-16,30H,5,18H2,1-4H3/b28-15+/t30-/m0/s1. The largest absolute Gasteiger partial charge is 0.493 e. The van der Waals surface area contributed by atoms with E-state index in [1.165, 1.54) is 23.0 Å². The second-order valence-corrected chi connectivity index (χ2v) is 11.5. The normalized spacial score (nSPS) is 14.4. The van der Waals surface area contributed by atoms with Crippen molar-refractivity contribution in [3.8, 4) is 23.3 Å². The molecule has 0 saturated heterocycles. The second kappa shape index (κ2) is 13.3. The van der Waals surface area contributed by atoms with Gasteiger partial charge in [0.05, 0.1) is 58.8 Å². The van der Waals surface area contributed by atoms with Crippen LogP contribution < -0.4 is 29.1 Å². The molecule has 44 heavy (non-hydrogen) atoms. The van der Waals surface area contributed by atoms with Crippen LogP contribution in [0.1, 0.15) is 42.1 Å². The smallest absolute Gasteiger partial charge is 0.338 e. The van der Waals surface area contributed by atoms with E-state index in [-0.39, 0.29) is 24.3 Å². The Kier molecular flexibility index (Phi) is 9.32. The van der Waals surface area contributed by atoms with Crippen molar-refractivity contribution in [1.82, 2.24) is 4.57 Å². The van der Waals surface area contributed by atoms with Gasteiger partial charge in [0.15, 0.2) is 16.3 Å². The third-order valence-electron chi connectivity index (χ3n) is 7.02. The first-order valence-corrected chi connectivity index (χ1v) is 15.2. The first-order chi connectivity index (χ1) is 21.3. The molecule has 0 radical (unpaired) electrons. The van der Waals surface area contributed by atoms with Crippen molar-refractivity contribution in [1.29, 1.82) is 5.26 Å². The fraction of sp³-hybridized carbons (Fsp3) is 0.212. The van der Waals surface area contributed by atoms with Crippen LogP contribution in [0.5, 0.6) is 17.2 Å². The number of nitrogens with zero attached hydrogens (tertiary/aromatic N) is 3. The average Bonchev–Trinajstić information content (AvgIpc) is 3.33. The van der Waals surface area contributed by atoms with Crippen LogP contribution in [0.2, 0.25) is 0 Å². The zero-order valence-corrected chi connectivity index (χ0v) is 26.8. The molecule has 9 nitrogen and oxygen atoms in total. The van der Waals surface area contributed by atoms with Crippen molar-refractivity contribution in [3.05, 3.63) is 118 Å². The maximum absolute atomic E-state index is 14.0. The molecule has 0 bridgehead atoms. The molecule has 11 heteroatoms. The Morgan fingerprint density at radius 2 is 1.84 bits per heavy atom. The van der Waals surface area contributed by atoms with Crippen LogP contribution in [0.4, 0.5) is 0 Å². The van der Waals surface area contributed by atoms with Crippen molar-refractivity contribution in [2.45, 2.75) is 26.5 Å². The number of aromatic nitrogens is 1. The molecule has 1 aromatic heterocycles. The van der Waals surface area contributed by atoms with E-state index in [9.17, 15) is 14.9 Å². The van der Waals surface area contributed by atoms with Crippen LogP contribution in [0.25, 0.3) is 6.08 Å². The first-order valence-electron chi connectivity index (χ1n) is 13.6. The predicted octanol–water partition coefficient (Wildman–Crippen LogP) is 5.03. The summed E-state index contributed by atoms with van der Waals surface area (Å²) >= 11 is 4.80. The number of fused-ring (bicyclic) bond motifs is 1. The number of thiazole rings is 1. The van der Waals surface area contributed by atoms with Gasteiger partial charge in [0, 0.05) is 5.56 Å². The lowest BCUT2D eigenvalue weighted by Crippen LogP contribution is -2.39. The van der Waals surface area contributed by atoms with Gasteiger partial charge in [0.2, 0.25) is 0 Å². The van der Waals surface area contributed by atoms with E-state index in [2.05, 4.69) is 27.0 Å². The van der Waals surface area contributed by atoms with E-state index in [1.54, 1.807) is 57.4 Å². The van der Waals surface area contributed by atoms with Gasteiger partial charge in [-0.3, -0.25) is 9.36 Å². The Morgan fingerprint density at radius 1 is 1.09 bits per heavy atom. The molecule has 1 aliphatic rings. The average molecular weight is 675 g/mol. The maximum atomic E-state index is 14.0. The first kappa shape index (κ1) is 30.8. The molecule has 0 amide bonds. The number of benzene rings is 3. The summed E-state index contributed by atoms with van der Waals surface area (Å²) in [6.07, 6.45) is 1.78. The molecule has 2 heterocycles. The number of hydrogen-bond acceptors (Lipinski definition) is 9. The summed E-state index contributed by atoms with van der Waals surface area (Å²) in [5.41, 5.74) is 3.20. The summed E-state index contributed by atoms with van der Waals surface area (Å²) in [6, 6.07) is 19.5. The number of carbonyl (C=O) groups excluding carboxylic acids is 1. The molecule has 5 rings (SSSR count). The van der Waals surface area contributed by atoms with Crippen LogP contribution >= 0.6 is 27.3 Å². The minimum atomic E-state index is -0.786. The molecular weight excluding hydrogens is 646 g/mol. The number of rotatable bonds is 9. The van der Waals surface area contributed by atoms with Crippen LogP contribution in [0, 0.1) is 11.3 Å². The highest BCUT2D eigenvalue weighted by atomic mass is 79.9. The fourth-order valence-electron chi connectivity index (χ4n) is 4.92. The van der Waals surface area contributed by atoms with Gasteiger partial charge in [0.1, 0.15) is 12.4 Å². The molecule has 0 N–H and O–H groups in total. The van der Waals surface area contributed by atoms with E-state index in [1.807, 2.05) is 30.3 Å². The topological polar surface area (TPSA) is 112 Å². The Balaban J connectivity index is 1.55. The molecule has 0 fully saturated rings. The summed E-state index contributed by atoms with van der Waals surface area (Å²) in [7, 11) is 3.07. The second-order valence-electron chi connectivity index (χ2n) is 9.66. The van der Waals surface area contributed by atoms with Gasteiger partial charge in [0.25, 0.3) is 5.56 Å². The number of carbonyl (C=O) groups is 1. The number of allylic oxidation sites excluding steroid dienone is 1. The lowest BCUT2D eigenvalue weighted by atomic mass is 9.95. The van der Waals surface area contributed by atoms with Crippen LogP contribution in [0.15, 0.2) is 86.2 Å². The van der Waals surface area contributed by atoms with Crippen LogP contribution in [0.3, 0.4) is 0 Å². The van der Waals surface area contributed by atoms with E-state index >= 15 is 0 Å². The predicted molar refractivity (Wildman–Crippen MR) is 170 cm³/mol. The zero-order valence-electron chi connectivity index (χ0n) is 24.4. The van der Waals surface area contributed by atoms with Crippen molar-refractivity contribution in [3.63, 3.8) is 0 Å². The summed E-state index contributed by atoms with van der Waals surface area (Å²) < 4.78 is 24.9. The monoisotopic (exact) mass is 673 g/mol. The molecular formula is C33H28BrN3O6S. The molecule has 0 aliphatic carbocycles. The Hall–Kier alpha value is -4.66. The number of nitriles is 1. The minimum absolute atomic E-state index is 0.179. The summed E-state index contributed by atoms with van der Waals surface area (Å²) in [6.45, 7) is 3.88. The van der Waals surface area contributed by atoms with Gasteiger partial charge >= 0.3 is 5.97 Å². The number of halogens is 1. The maximum Gasteiger partial charge on any atom is 0.338 e. The Bertz CT molecular complexity index is 2010. The van der Waals surface area contributed by atoms with E-state index in [0.717, 1.165) is 11.1 Å². The highest BCUT2D eigenvalue weighted by Crippen LogP contribution is 2.36. The summed E-state index contributed by atoms with van der Waals surface area (Å²) in [5, 5.41) is 9.35. The van der Waals surface area contributed by atoms with Gasteiger partial charge in [-0.15, -0.1) is 0 Å². The van der Waals surface area contributed by atoms with Crippen LogP contribution in [-0.2, 0) is 16.1 Å². The lowest BCUT2D eigenvalue weighted by Gasteiger charge is -2.25. The molecule has 3 aromatic carbocycles. The molecule has 0 saturated carbocycles. The van der Waals surface area contributed by atoms with Gasteiger partial charge < -0.3 is 18.9 Å². The molecule has 224 valence electrons. The molecule has 1 atom stereocenters. The van der Waals surface area contributed by atoms with E-state index < -0.39 is 12.0 Å². The number of esters is 1. The Morgan fingerprint density at radius 3 is 2.55 bits per heavy atom. The quantitative estimate of drug-likeness (QED) is 0.229. The molecule has 0 spiro atoms. The number of ether oxygens (including phenoxy) is 4. The summed E-state index contributed by atoms with van der Waals surface area (Å²) in [4.78, 5) is 32.3. The molecule has 4 aromatic rings. The fourth-order valence-corrected chi connectivity index (χ4v) is 6.47. The number of hydrogen-bond donors (Lipinski definition) is 0. The van der Waals surface area contributed by atoms with Crippen LogP contribution in [-0.4, -0.2) is 31.4 Å². The Labute approximate surface area is 266 Å². The zero-order chi connectivity index (χ0) is 31.4. The van der Waals surface area contributed by atoms with Gasteiger partial charge in [-0.25, -0.2) is 9.79 Å². The minimum Gasteiger partial charge on any atom is -0.493 e. The van der Waals surface area contributed by atoms with Gasteiger partial charge in [-0.2, -0.15) is 5.26 Å². The third kappa shape index (κ3) is 6.04. The van der Waals surface area contributed by atoms with Crippen molar-refractivity contribution in [2.24, 2.45) is 4.99 Å². The highest BCUT2D eigenvalue weighted by molar-refractivity contribution is 9.10. The van der Waals surface area contributed by atoms with E-state index in [4.69, 9.17) is 18.9 Å².